The van der Waals surface area contributed by atoms with Crippen molar-refractivity contribution in [3.8, 4) is 0 Å². The zero-order chi connectivity index (χ0) is 5.44. The molecule has 1 rings (SSSR count). The van der Waals surface area contributed by atoms with Crippen molar-refractivity contribution in [2.45, 2.75) is 6.04 Å². The summed E-state index contributed by atoms with van der Waals surface area (Å²) >= 11 is 5.09. The van der Waals surface area contributed by atoms with Gasteiger partial charge in [0.25, 0.3) is 0 Å². The maximum Gasteiger partial charge on any atom is 0.240 e. The van der Waals surface area contributed by atoms with E-state index in [1.807, 2.05) is 11.9 Å². The molecule has 0 N–H and O–H groups in total. The Morgan fingerprint density at radius 1 is 2.00 bits per heavy atom. The maximum atomic E-state index is 10.1. The largest absolute Gasteiger partial charge is 0.292 e. The zero-order valence-electron chi connectivity index (χ0n) is 4.02. The highest BCUT2D eigenvalue weighted by molar-refractivity contribution is 6.65. The second-order valence-electron chi connectivity index (χ2n) is 1.76. The highest BCUT2D eigenvalue weighted by Crippen LogP contribution is 2.15. The topological polar surface area (TPSA) is 20.1 Å². The van der Waals surface area contributed by atoms with Gasteiger partial charge in [0.05, 0.1) is 6.04 Å². The third-order valence-corrected chi connectivity index (χ3v) is 1.37. The molecule has 1 heterocycles. The Morgan fingerprint density at radius 2 is 2.43 bits per heavy atom. The fraction of sp³-hybridized carbons (Fsp3) is 0.750. The van der Waals surface area contributed by atoms with Crippen LogP contribution in [0.25, 0.3) is 0 Å². The van der Waals surface area contributed by atoms with Gasteiger partial charge in [-0.2, -0.15) is 0 Å². The molecular formula is C4H6ClNO. The van der Waals surface area contributed by atoms with Crippen molar-refractivity contribution in [2.75, 3.05) is 13.6 Å². The van der Waals surface area contributed by atoms with Crippen LogP contribution in [0.1, 0.15) is 0 Å². The lowest BCUT2D eigenvalue weighted by Gasteiger charge is -1.81. The van der Waals surface area contributed by atoms with Crippen LogP contribution in [-0.4, -0.2) is 29.8 Å². The molecule has 0 aromatic heterocycles. The number of nitrogens with zero attached hydrogens (tertiary/aromatic N) is 1. The van der Waals surface area contributed by atoms with Crippen molar-refractivity contribution in [3.05, 3.63) is 0 Å². The number of carbonyl (C=O) groups is 1. The molecule has 2 atom stereocenters. The van der Waals surface area contributed by atoms with Gasteiger partial charge in [0.15, 0.2) is 0 Å². The molecule has 0 bridgehead atoms. The maximum absolute atomic E-state index is 10.1. The molecule has 1 fully saturated rings. The summed E-state index contributed by atoms with van der Waals surface area (Å²) in [5.41, 5.74) is 0. The van der Waals surface area contributed by atoms with Gasteiger partial charge in [-0.25, -0.2) is 0 Å². The fourth-order valence-corrected chi connectivity index (χ4v) is 0.706. The standard InChI is InChI=1S/C4H6ClNO/c1-6-2-3(6)4(5)7/h3H,2H2,1H3. The zero-order valence-corrected chi connectivity index (χ0v) is 4.77. The minimum absolute atomic E-state index is 0.0293. The quantitative estimate of drug-likeness (QED) is 0.360. The minimum Gasteiger partial charge on any atom is -0.292 e. The molecule has 0 radical (unpaired) electrons. The highest BCUT2D eigenvalue weighted by atomic mass is 35.5. The molecule has 0 amide bonds. The van der Waals surface area contributed by atoms with Crippen LogP contribution >= 0.6 is 11.6 Å². The Balaban J connectivity index is 2.33. The molecule has 0 aromatic carbocycles. The first-order valence-electron chi connectivity index (χ1n) is 2.11. The molecule has 1 saturated heterocycles. The van der Waals surface area contributed by atoms with Crippen LogP contribution in [0.15, 0.2) is 0 Å². The van der Waals surface area contributed by atoms with Gasteiger partial charge in [-0.1, -0.05) is 0 Å². The predicted molar refractivity (Wildman–Crippen MR) is 27.3 cm³/mol. The van der Waals surface area contributed by atoms with Gasteiger partial charge in [0, 0.05) is 6.54 Å². The van der Waals surface area contributed by atoms with Crippen molar-refractivity contribution in [2.24, 2.45) is 0 Å². The van der Waals surface area contributed by atoms with Crippen molar-refractivity contribution in [1.82, 2.24) is 4.90 Å². The molecule has 1 aliphatic heterocycles. The lowest BCUT2D eigenvalue weighted by Crippen LogP contribution is -2.01. The van der Waals surface area contributed by atoms with Crippen molar-refractivity contribution in [3.63, 3.8) is 0 Å². The molecule has 0 aromatic rings. The first kappa shape index (κ1) is 5.06. The molecule has 0 spiro atoms. The van der Waals surface area contributed by atoms with Crippen LogP contribution in [0.4, 0.5) is 0 Å². The van der Waals surface area contributed by atoms with E-state index < -0.39 is 0 Å². The average molecular weight is 120 g/mol. The molecule has 3 heteroatoms. The normalized spacial score (nSPS) is 38.0. The second kappa shape index (κ2) is 1.46. The Morgan fingerprint density at radius 3 is 2.43 bits per heavy atom. The summed E-state index contributed by atoms with van der Waals surface area (Å²) < 4.78 is 0. The van der Waals surface area contributed by atoms with Crippen LogP contribution in [0.5, 0.6) is 0 Å². The summed E-state index contributed by atoms with van der Waals surface area (Å²) in [6, 6.07) is 0.0293. The molecule has 40 valence electrons. The van der Waals surface area contributed by atoms with Gasteiger partial charge in [-0.05, 0) is 18.6 Å². The van der Waals surface area contributed by atoms with E-state index in [1.54, 1.807) is 0 Å². The number of likely N-dealkylation sites (N-methyl/N-ethyl adjacent to an activating group) is 1. The third kappa shape index (κ3) is 0.924. The number of hydrogen-bond acceptors (Lipinski definition) is 2. The Labute approximate surface area is 47.1 Å². The molecule has 2 unspecified atom stereocenters. The number of rotatable bonds is 1. The van der Waals surface area contributed by atoms with Crippen molar-refractivity contribution in [1.29, 1.82) is 0 Å². The predicted octanol–water partition coefficient (Wildman–Crippen LogP) is 0.0658. The monoisotopic (exact) mass is 119 g/mol. The fourth-order valence-electron chi connectivity index (χ4n) is 0.471. The first-order chi connectivity index (χ1) is 3.22. The number of hydrogen-bond donors (Lipinski definition) is 0. The van der Waals surface area contributed by atoms with Gasteiger partial charge < -0.3 is 0 Å². The Hall–Kier alpha value is -0.0800. The Kier molecular flexibility index (Phi) is 1.05. The molecular weight excluding hydrogens is 114 g/mol. The summed E-state index contributed by atoms with van der Waals surface area (Å²) in [5.74, 6) is 0. The van der Waals surface area contributed by atoms with Crippen molar-refractivity contribution >= 4 is 16.8 Å². The molecule has 1 aliphatic rings. The van der Waals surface area contributed by atoms with E-state index in [4.69, 9.17) is 11.6 Å². The van der Waals surface area contributed by atoms with E-state index >= 15 is 0 Å². The van der Waals surface area contributed by atoms with Crippen LogP contribution in [0.3, 0.4) is 0 Å². The third-order valence-electron chi connectivity index (χ3n) is 1.12. The van der Waals surface area contributed by atoms with Gasteiger partial charge in [-0.3, -0.25) is 9.69 Å². The van der Waals surface area contributed by atoms with Gasteiger partial charge in [0.1, 0.15) is 0 Å². The molecule has 2 nitrogen and oxygen atoms in total. The van der Waals surface area contributed by atoms with E-state index in [2.05, 4.69) is 0 Å². The van der Waals surface area contributed by atoms with Gasteiger partial charge in [0.2, 0.25) is 5.24 Å². The lowest BCUT2D eigenvalue weighted by molar-refractivity contribution is -0.111. The van der Waals surface area contributed by atoms with E-state index in [0.717, 1.165) is 6.54 Å². The molecule has 0 saturated carbocycles. The first-order valence-corrected chi connectivity index (χ1v) is 2.49. The summed E-state index contributed by atoms with van der Waals surface area (Å²) in [5, 5.41) is -0.234. The van der Waals surface area contributed by atoms with Gasteiger partial charge >= 0.3 is 0 Å². The number of carbonyl (C=O) groups excluding carboxylic acids is 1. The van der Waals surface area contributed by atoms with E-state index in [9.17, 15) is 4.79 Å². The van der Waals surface area contributed by atoms with Gasteiger partial charge in [-0.15, -0.1) is 0 Å². The minimum atomic E-state index is -0.234. The lowest BCUT2D eigenvalue weighted by atomic mass is 10.5. The summed E-state index contributed by atoms with van der Waals surface area (Å²) in [4.78, 5) is 12.0. The van der Waals surface area contributed by atoms with Crippen molar-refractivity contribution < 1.29 is 4.79 Å². The average Bonchev–Trinajstić information content (AvgIpc) is 2.17. The van der Waals surface area contributed by atoms with E-state index in [-0.39, 0.29) is 11.3 Å². The highest BCUT2D eigenvalue weighted by Gasteiger charge is 2.35. The molecule has 0 aliphatic carbocycles. The molecule has 7 heavy (non-hydrogen) atoms. The Bertz CT molecular complexity index is 104. The van der Waals surface area contributed by atoms with Crippen LogP contribution in [0, 0.1) is 0 Å². The van der Waals surface area contributed by atoms with Crippen LogP contribution in [-0.2, 0) is 4.79 Å². The summed E-state index contributed by atoms with van der Waals surface area (Å²) in [7, 11) is 1.87. The van der Waals surface area contributed by atoms with E-state index in [1.165, 1.54) is 0 Å². The van der Waals surface area contributed by atoms with Crippen LogP contribution in [0.2, 0.25) is 0 Å². The van der Waals surface area contributed by atoms with E-state index in [0.29, 0.717) is 0 Å². The van der Waals surface area contributed by atoms with Crippen LogP contribution < -0.4 is 0 Å². The second-order valence-corrected chi connectivity index (χ2v) is 2.13. The smallest absolute Gasteiger partial charge is 0.240 e. The number of halogens is 1. The SMILES string of the molecule is CN1CC1C(=O)Cl. The summed E-state index contributed by atoms with van der Waals surface area (Å²) in [6.07, 6.45) is 0. The summed E-state index contributed by atoms with van der Waals surface area (Å²) in [6.45, 7) is 0.836.